The van der Waals surface area contributed by atoms with Crippen molar-refractivity contribution < 1.29 is 9.53 Å². The summed E-state index contributed by atoms with van der Waals surface area (Å²) < 4.78 is 6.56. The van der Waals surface area contributed by atoms with Gasteiger partial charge in [0.25, 0.3) is 5.56 Å². The Kier molecular flexibility index (Phi) is 4.93. The average molecular weight is 398 g/mol. The third kappa shape index (κ3) is 3.30. The number of benzene rings is 1. The zero-order chi connectivity index (χ0) is 19.8. The van der Waals surface area contributed by atoms with E-state index < -0.39 is 6.04 Å². The summed E-state index contributed by atoms with van der Waals surface area (Å²) in [4.78, 5) is 32.4. The maximum atomic E-state index is 13.2. The third-order valence-electron chi connectivity index (χ3n) is 5.40. The summed E-state index contributed by atoms with van der Waals surface area (Å²) in [7, 11) is 1.59. The quantitative estimate of drug-likeness (QED) is 0.727. The van der Waals surface area contributed by atoms with Crippen molar-refractivity contribution in [1.82, 2.24) is 9.55 Å². The van der Waals surface area contributed by atoms with Gasteiger partial charge in [0, 0.05) is 10.6 Å². The molecule has 2 aromatic heterocycles. The number of aromatic nitrogens is 2. The van der Waals surface area contributed by atoms with Crippen LogP contribution in [0.3, 0.4) is 0 Å². The van der Waals surface area contributed by atoms with Crippen molar-refractivity contribution in [3.8, 4) is 5.75 Å². The molecule has 0 fully saturated rings. The number of anilines is 1. The topological polar surface area (TPSA) is 73.2 Å². The highest BCUT2D eigenvalue weighted by Crippen LogP contribution is 2.35. The minimum absolute atomic E-state index is 0.130. The molecule has 7 heteroatoms. The highest BCUT2D eigenvalue weighted by molar-refractivity contribution is 7.18. The predicted molar refractivity (Wildman–Crippen MR) is 111 cm³/mol. The van der Waals surface area contributed by atoms with E-state index in [1.54, 1.807) is 49.6 Å². The van der Waals surface area contributed by atoms with Gasteiger partial charge >= 0.3 is 0 Å². The van der Waals surface area contributed by atoms with E-state index in [2.05, 4.69) is 17.2 Å². The number of aryl methyl sites for hydroxylation is 1. The predicted octanol–water partition coefficient (Wildman–Crippen LogP) is 3.79. The minimum Gasteiger partial charge on any atom is -0.497 e. The largest absolute Gasteiger partial charge is 0.497 e. The molecule has 0 aliphatic heterocycles. The van der Waals surface area contributed by atoms with E-state index in [4.69, 9.17) is 4.74 Å². The first-order chi connectivity index (χ1) is 13.5. The van der Waals surface area contributed by atoms with Crippen molar-refractivity contribution in [3.05, 3.63) is 51.4 Å². The van der Waals surface area contributed by atoms with E-state index >= 15 is 0 Å². The Morgan fingerprint density at radius 1 is 1.36 bits per heavy atom. The van der Waals surface area contributed by atoms with Gasteiger partial charge in [0.05, 0.1) is 18.8 Å². The molecule has 1 aliphatic rings. The molecule has 146 valence electrons. The Morgan fingerprint density at radius 3 is 2.82 bits per heavy atom. The SMILES string of the molecule is COc1ccc(NC(=O)[C@@H](C)n2cnc3sc4c(c3c2=O)CC[C@@H](C)C4)cc1. The van der Waals surface area contributed by atoms with E-state index in [1.165, 1.54) is 15.8 Å². The summed E-state index contributed by atoms with van der Waals surface area (Å²) in [5, 5.41) is 3.54. The number of hydrogen-bond acceptors (Lipinski definition) is 5. The van der Waals surface area contributed by atoms with Crippen molar-refractivity contribution in [1.29, 1.82) is 0 Å². The molecule has 1 N–H and O–H groups in total. The van der Waals surface area contributed by atoms with Gasteiger partial charge in [-0.2, -0.15) is 0 Å². The van der Waals surface area contributed by atoms with Crippen LogP contribution in [0, 0.1) is 5.92 Å². The van der Waals surface area contributed by atoms with Crippen LogP contribution in [0.4, 0.5) is 5.69 Å². The van der Waals surface area contributed by atoms with Gasteiger partial charge in [-0.05, 0) is 61.9 Å². The molecule has 1 amide bonds. The molecule has 2 heterocycles. The molecule has 0 unspecified atom stereocenters. The molecule has 6 nitrogen and oxygen atoms in total. The number of fused-ring (bicyclic) bond motifs is 3. The highest BCUT2D eigenvalue weighted by Gasteiger charge is 2.25. The van der Waals surface area contributed by atoms with E-state index in [9.17, 15) is 9.59 Å². The van der Waals surface area contributed by atoms with E-state index in [-0.39, 0.29) is 11.5 Å². The molecule has 3 aromatic rings. The number of nitrogens with zero attached hydrogens (tertiary/aromatic N) is 2. The number of hydrogen-bond donors (Lipinski definition) is 1. The smallest absolute Gasteiger partial charge is 0.263 e. The van der Waals surface area contributed by atoms with Crippen LogP contribution >= 0.6 is 11.3 Å². The van der Waals surface area contributed by atoms with Crippen LogP contribution in [-0.4, -0.2) is 22.6 Å². The normalized spacial score (nSPS) is 17.2. The molecule has 1 aromatic carbocycles. The van der Waals surface area contributed by atoms with Gasteiger partial charge < -0.3 is 10.1 Å². The van der Waals surface area contributed by atoms with Gasteiger partial charge in [0.15, 0.2) is 0 Å². The first-order valence-electron chi connectivity index (χ1n) is 9.44. The molecule has 0 saturated heterocycles. The van der Waals surface area contributed by atoms with E-state index in [1.807, 2.05) is 0 Å². The van der Waals surface area contributed by atoms with Gasteiger partial charge in [-0.1, -0.05) is 6.92 Å². The van der Waals surface area contributed by atoms with Crippen LogP contribution in [-0.2, 0) is 17.6 Å². The highest BCUT2D eigenvalue weighted by atomic mass is 32.1. The second-order valence-electron chi connectivity index (χ2n) is 7.38. The standard InChI is InChI=1S/C21H23N3O3S/c1-12-4-9-16-17(10-12)28-20-18(16)21(26)24(11-22-20)13(2)19(25)23-14-5-7-15(27-3)8-6-14/h5-8,11-13H,4,9-10H2,1-3H3,(H,23,25)/t12-,13-/m1/s1. The third-order valence-corrected chi connectivity index (χ3v) is 6.56. The maximum Gasteiger partial charge on any atom is 0.263 e. The molecule has 1 aliphatic carbocycles. The summed E-state index contributed by atoms with van der Waals surface area (Å²) in [5.74, 6) is 1.09. The number of thiophene rings is 1. The fourth-order valence-corrected chi connectivity index (χ4v) is 5.01. The maximum absolute atomic E-state index is 13.2. The molecule has 0 spiro atoms. The molecule has 2 atom stereocenters. The van der Waals surface area contributed by atoms with Crippen molar-refractivity contribution in [2.75, 3.05) is 12.4 Å². The summed E-state index contributed by atoms with van der Waals surface area (Å²) in [5.41, 5.74) is 1.66. The Balaban J connectivity index is 1.63. The number of carbonyl (C=O) groups is 1. The summed E-state index contributed by atoms with van der Waals surface area (Å²) >= 11 is 1.62. The number of amides is 1. The lowest BCUT2D eigenvalue weighted by Crippen LogP contribution is -2.32. The average Bonchev–Trinajstić information content (AvgIpc) is 3.06. The Bertz CT molecular complexity index is 1080. The van der Waals surface area contributed by atoms with Crippen molar-refractivity contribution in [3.63, 3.8) is 0 Å². The zero-order valence-corrected chi connectivity index (χ0v) is 17.0. The van der Waals surface area contributed by atoms with Crippen LogP contribution < -0.4 is 15.6 Å². The Hall–Kier alpha value is -2.67. The van der Waals surface area contributed by atoms with Crippen molar-refractivity contribution in [2.24, 2.45) is 5.92 Å². The lowest BCUT2D eigenvalue weighted by Gasteiger charge is -2.18. The lowest BCUT2D eigenvalue weighted by atomic mass is 9.89. The van der Waals surface area contributed by atoms with Crippen LogP contribution in [0.25, 0.3) is 10.2 Å². The molecule has 0 saturated carbocycles. The summed E-state index contributed by atoms with van der Waals surface area (Å²) in [6.07, 6.45) is 4.49. The van der Waals surface area contributed by atoms with Gasteiger partial charge in [-0.15, -0.1) is 11.3 Å². The van der Waals surface area contributed by atoms with Gasteiger partial charge in [0.1, 0.15) is 16.6 Å². The number of rotatable bonds is 4. The fraction of sp³-hybridized carbons (Fsp3) is 0.381. The molecule has 28 heavy (non-hydrogen) atoms. The zero-order valence-electron chi connectivity index (χ0n) is 16.2. The first kappa shape index (κ1) is 18.7. The van der Waals surface area contributed by atoms with Gasteiger partial charge in [-0.3, -0.25) is 14.2 Å². The first-order valence-corrected chi connectivity index (χ1v) is 10.3. The molecular weight excluding hydrogens is 374 g/mol. The Morgan fingerprint density at radius 2 is 2.11 bits per heavy atom. The minimum atomic E-state index is -0.662. The van der Waals surface area contributed by atoms with E-state index in [0.717, 1.165) is 29.7 Å². The van der Waals surface area contributed by atoms with Crippen LogP contribution in [0.1, 0.15) is 36.8 Å². The molecule has 0 radical (unpaired) electrons. The Labute approximate surface area is 167 Å². The van der Waals surface area contributed by atoms with Crippen LogP contribution in [0.15, 0.2) is 35.4 Å². The second-order valence-corrected chi connectivity index (χ2v) is 8.47. The van der Waals surface area contributed by atoms with Gasteiger partial charge in [-0.25, -0.2) is 4.98 Å². The monoisotopic (exact) mass is 397 g/mol. The summed E-state index contributed by atoms with van der Waals surface area (Å²) in [6.45, 7) is 3.96. The van der Waals surface area contributed by atoms with Crippen LogP contribution in [0.2, 0.25) is 0 Å². The summed E-state index contributed by atoms with van der Waals surface area (Å²) in [6, 6.07) is 6.43. The molecule has 0 bridgehead atoms. The second kappa shape index (κ2) is 7.39. The number of nitrogens with one attached hydrogen (secondary N) is 1. The van der Waals surface area contributed by atoms with Crippen molar-refractivity contribution >= 4 is 33.1 Å². The van der Waals surface area contributed by atoms with E-state index in [0.29, 0.717) is 22.7 Å². The number of methoxy groups -OCH3 is 1. The molecule has 4 rings (SSSR count). The molecular formula is C21H23N3O3S. The number of ether oxygens (including phenoxy) is 1. The van der Waals surface area contributed by atoms with Gasteiger partial charge in [0.2, 0.25) is 5.91 Å². The number of carbonyl (C=O) groups excluding carboxylic acids is 1. The van der Waals surface area contributed by atoms with Crippen molar-refractivity contribution in [2.45, 2.75) is 39.2 Å². The fourth-order valence-electron chi connectivity index (χ4n) is 3.67. The lowest BCUT2D eigenvalue weighted by molar-refractivity contribution is -0.118. The van der Waals surface area contributed by atoms with Crippen LogP contribution in [0.5, 0.6) is 5.75 Å².